The first-order chi connectivity index (χ1) is 8.40. The number of carbonyl (C=O) groups excluding carboxylic acids is 2. The number of rotatable bonds is 4. The lowest BCUT2D eigenvalue weighted by atomic mass is 9.87. The molecule has 1 unspecified atom stereocenters. The van der Waals surface area contributed by atoms with E-state index in [9.17, 15) is 14.0 Å². The van der Waals surface area contributed by atoms with E-state index < -0.39 is 23.5 Å². The van der Waals surface area contributed by atoms with Gasteiger partial charge in [-0.15, -0.1) is 0 Å². The Kier molecular flexibility index (Phi) is 4.59. The number of aryl methyl sites for hydroxylation is 1. The van der Waals surface area contributed by atoms with Gasteiger partial charge in [-0.3, -0.25) is 9.59 Å². The number of ketones is 1. The van der Waals surface area contributed by atoms with Gasteiger partial charge in [-0.2, -0.15) is 0 Å². The first-order valence-electron chi connectivity index (χ1n) is 5.77. The Hall–Kier alpha value is -1.71. The van der Waals surface area contributed by atoms with Gasteiger partial charge in [0.2, 0.25) is 0 Å². The summed E-state index contributed by atoms with van der Waals surface area (Å²) in [4.78, 5) is 23.8. The number of esters is 1. The van der Waals surface area contributed by atoms with Gasteiger partial charge in [0.15, 0.2) is 5.78 Å². The monoisotopic (exact) mass is 252 g/mol. The molecule has 18 heavy (non-hydrogen) atoms. The van der Waals surface area contributed by atoms with Crippen molar-refractivity contribution in [1.29, 1.82) is 0 Å². The van der Waals surface area contributed by atoms with E-state index in [0.717, 1.165) is 0 Å². The van der Waals surface area contributed by atoms with Crippen molar-refractivity contribution in [3.05, 3.63) is 35.1 Å². The second-order valence-electron chi connectivity index (χ2n) is 4.55. The molecule has 0 bridgehead atoms. The van der Waals surface area contributed by atoms with E-state index in [1.165, 1.54) is 13.2 Å². The predicted octanol–water partition coefficient (Wildman–Crippen LogP) is 2.76. The van der Waals surface area contributed by atoms with Crippen LogP contribution in [-0.2, 0) is 9.53 Å². The van der Waals surface area contributed by atoms with Gasteiger partial charge in [0.25, 0.3) is 0 Å². The molecule has 0 radical (unpaired) electrons. The molecule has 1 atom stereocenters. The second-order valence-corrected chi connectivity index (χ2v) is 4.55. The molecule has 0 saturated heterocycles. The van der Waals surface area contributed by atoms with Gasteiger partial charge < -0.3 is 4.74 Å². The molecular weight excluding hydrogens is 235 g/mol. The van der Waals surface area contributed by atoms with Crippen LogP contribution < -0.4 is 0 Å². The molecule has 4 heteroatoms. The molecule has 0 aliphatic rings. The second kappa shape index (κ2) is 5.76. The highest BCUT2D eigenvalue weighted by Gasteiger charge is 2.33. The van der Waals surface area contributed by atoms with Crippen LogP contribution in [0.25, 0.3) is 0 Å². The predicted molar refractivity (Wildman–Crippen MR) is 65.8 cm³/mol. The number of Topliss-reactive ketones (excluding diaryl/α,β-unsaturated/α-hetero) is 1. The van der Waals surface area contributed by atoms with E-state index in [-0.39, 0.29) is 11.5 Å². The van der Waals surface area contributed by atoms with Gasteiger partial charge in [0, 0.05) is 0 Å². The summed E-state index contributed by atoms with van der Waals surface area (Å²) in [5.74, 6) is -2.94. The molecule has 3 nitrogen and oxygen atoms in total. The van der Waals surface area contributed by atoms with Crippen LogP contribution in [0.2, 0.25) is 0 Å². The average Bonchev–Trinajstić information content (AvgIpc) is 2.31. The van der Waals surface area contributed by atoms with Crippen molar-refractivity contribution in [2.75, 3.05) is 7.11 Å². The number of halogens is 1. The SMILES string of the molecule is COC(=O)C(C(=O)c1cccc(C)c1F)C(C)C. The summed E-state index contributed by atoms with van der Waals surface area (Å²) in [7, 11) is 1.22. The maximum absolute atomic E-state index is 13.9. The first-order valence-corrected chi connectivity index (χ1v) is 5.77. The van der Waals surface area contributed by atoms with E-state index in [0.29, 0.717) is 5.56 Å². The lowest BCUT2D eigenvalue weighted by Crippen LogP contribution is -2.30. The molecule has 1 aromatic rings. The van der Waals surface area contributed by atoms with E-state index in [2.05, 4.69) is 4.74 Å². The molecule has 98 valence electrons. The minimum atomic E-state index is -0.966. The molecule has 0 spiro atoms. The van der Waals surface area contributed by atoms with E-state index >= 15 is 0 Å². The van der Waals surface area contributed by atoms with E-state index in [1.54, 1.807) is 32.9 Å². The van der Waals surface area contributed by atoms with Gasteiger partial charge in [0.1, 0.15) is 11.7 Å². The highest BCUT2D eigenvalue weighted by atomic mass is 19.1. The third kappa shape index (κ3) is 2.75. The molecule has 0 fully saturated rings. The fourth-order valence-electron chi connectivity index (χ4n) is 1.81. The lowest BCUT2D eigenvalue weighted by molar-refractivity contribution is -0.144. The zero-order valence-corrected chi connectivity index (χ0v) is 11.0. The normalized spacial score (nSPS) is 12.3. The van der Waals surface area contributed by atoms with Crippen LogP contribution in [-0.4, -0.2) is 18.9 Å². The third-order valence-corrected chi connectivity index (χ3v) is 2.86. The zero-order chi connectivity index (χ0) is 13.9. The lowest BCUT2D eigenvalue weighted by Gasteiger charge is -2.17. The smallest absolute Gasteiger partial charge is 0.316 e. The van der Waals surface area contributed by atoms with Crippen LogP contribution >= 0.6 is 0 Å². The topological polar surface area (TPSA) is 43.4 Å². The van der Waals surface area contributed by atoms with Crippen LogP contribution in [0, 0.1) is 24.6 Å². The van der Waals surface area contributed by atoms with Crippen LogP contribution in [0.5, 0.6) is 0 Å². The summed E-state index contributed by atoms with van der Waals surface area (Å²) in [5, 5.41) is 0. The van der Waals surface area contributed by atoms with E-state index in [1.807, 2.05) is 0 Å². The van der Waals surface area contributed by atoms with Crippen molar-refractivity contribution in [1.82, 2.24) is 0 Å². The molecule has 0 aliphatic heterocycles. The highest BCUT2D eigenvalue weighted by molar-refractivity contribution is 6.09. The van der Waals surface area contributed by atoms with Crippen molar-refractivity contribution in [3.63, 3.8) is 0 Å². The molecule has 0 aromatic heterocycles. The third-order valence-electron chi connectivity index (χ3n) is 2.86. The molecule has 0 N–H and O–H groups in total. The van der Waals surface area contributed by atoms with Crippen LogP contribution in [0.4, 0.5) is 4.39 Å². The summed E-state index contributed by atoms with van der Waals surface area (Å²) in [5.41, 5.74) is 0.326. The van der Waals surface area contributed by atoms with Crippen molar-refractivity contribution >= 4 is 11.8 Å². The Labute approximate surface area is 106 Å². The van der Waals surface area contributed by atoms with Gasteiger partial charge in [0.05, 0.1) is 12.7 Å². The van der Waals surface area contributed by atoms with Crippen molar-refractivity contribution in [2.24, 2.45) is 11.8 Å². The maximum Gasteiger partial charge on any atom is 0.316 e. The minimum Gasteiger partial charge on any atom is -0.468 e. The highest BCUT2D eigenvalue weighted by Crippen LogP contribution is 2.22. The molecule has 0 heterocycles. The molecule has 1 rings (SSSR count). The van der Waals surface area contributed by atoms with Crippen molar-refractivity contribution in [3.8, 4) is 0 Å². The van der Waals surface area contributed by atoms with Gasteiger partial charge in [-0.1, -0.05) is 26.0 Å². The Balaban J connectivity index is 3.18. The number of hydrogen-bond donors (Lipinski definition) is 0. The average molecular weight is 252 g/mol. The number of methoxy groups -OCH3 is 1. The summed E-state index contributed by atoms with van der Waals surface area (Å²) in [6.07, 6.45) is 0. The molecule has 0 saturated carbocycles. The molecule has 0 aliphatic carbocycles. The maximum atomic E-state index is 13.9. The molecule has 1 aromatic carbocycles. The minimum absolute atomic E-state index is 0.0564. The first kappa shape index (κ1) is 14.4. The van der Waals surface area contributed by atoms with Crippen LogP contribution in [0.3, 0.4) is 0 Å². The zero-order valence-electron chi connectivity index (χ0n) is 11.0. The summed E-state index contributed by atoms with van der Waals surface area (Å²) >= 11 is 0. The Bertz CT molecular complexity index is 466. The molecular formula is C14H17FO3. The van der Waals surface area contributed by atoms with Gasteiger partial charge in [-0.05, 0) is 24.5 Å². The quantitative estimate of drug-likeness (QED) is 0.470. The Morgan fingerprint density at radius 2 is 1.89 bits per heavy atom. The summed E-state index contributed by atoms with van der Waals surface area (Å²) < 4.78 is 18.5. The van der Waals surface area contributed by atoms with Crippen molar-refractivity contribution < 1.29 is 18.7 Å². The standard InChI is InChI=1S/C14H17FO3/c1-8(2)11(14(17)18-4)13(16)10-7-5-6-9(3)12(10)15/h5-8,11H,1-4H3. The van der Waals surface area contributed by atoms with Crippen molar-refractivity contribution in [2.45, 2.75) is 20.8 Å². The van der Waals surface area contributed by atoms with Gasteiger partial charge >= 0.3 is 5.97 Å². The summed E-state index contributed by atoms with van der Waals surface area (Å²) in [6, 6.07) is 4.57. The Morgan fingerprint density at radius 1 is 1.28 bits per heavy atom. The number of ether oxygens (including phenoxy) is 1. The fraction of sp³-hybridized carbons (Fsp3) is 0.429. The largest absolute Gasteiger partial charge is 0.468 e. The van der Waals surface area contributed by atoms with Crippen LogP contribution in [0.15, 0.2) is 18.2 Å². The number of carbonyl (C=O) groups is 2. The fourth-order valence-corrected chi connectivity index (χ4v) is 1.81. The van der Waals surface area contributed by atoms with Crippen LogP contribution in [0.1, 0.15) is 29.8 Å². The number of benzene rings is 1. The summed E-state index contributed by atoms with van der Waals surface area (Å²) in [6.45, 7) is 5.04. The van der Waals surface area contributed by atoms with Gasteiger partial charge in [-0.25, -0.2) is 4.39 Å². The number of hydrogen-bond acceptors (Lipinski definition) is 3. The Morgan fingerprint density at radius 3 is 2.39 bits per heavy atom. The molecule has 0 amide bonds. The van der Waals surface area contributed by atoms with E-state index in [4.69, 9.17) is 0 Å².